The number of nitrogens with zero attached hydrogens (tertiary/aromatic N) is 2. The molecule has 0 aliphatic carbocycles. The number of hydrogen-bond donors (Lipinski definition) is 1. The lowest BCUT2D eigenvalue weighted by Crippen LogP contribution is -2.63. The van der Waals surface area contributed by atoms with Crippen molar-refractivity contribution in [2.75, 3.05) is 25.0 Å². The van der Waals surface area contributed by atoms with E-state index in [1.165, 1.54) is 5.69 Å². The summed E-state index contributed by atoms with van der Waals surface area (Å²) in [6, 6.07) is 12.4. The van der Waals surface area contributed by atoms with E-state index < -0.39 is 0 Å². The third-order valence-corrected chi connectivity index (χ3v) is 4.29. The summed E-state index contributed by atoms with van der Waals surface area (Å²) in [5, 5.41) is 0. The van der Waals surface area contributed by atoms with Crippen molar-refractivity contribution in [2.45, 2.75) is 31.0 Å². The molecule has 2 N–H and O–H groups in total. The van der Waals surface area contributed by atoms with Crippen LogP contribution in [0.2, 0.25) is 0 Å². The number of nitrogens with two attached hydrogens (primary N) is 1. The number of para-hydroxylation sites is 1. The first-order valence-corrected chi connectivity index (χ1v) is 6.51. The topological polar surface area (TPSA) is 32.5 Å². The van der Waals surface area contributed by atoms with Gasteiger partial charge in [-0.3, -0.25) is 4.90 Å². The molecule has 0 saturated carbocycles. The minimum absolute atomic E-state index is 0.402. The first kappa shape index (κ1) is 11.1. The minimum atomic E-state index is 0.402. The van der Waals surface area contributed by atoms with E-state index in [2.05, 4.69) is 47.2 Å². The molecule has 3 nitrogen and oxygen atoms in total. The van der Waals surface area contributed by atoms with Gasteiger partial charge in [-0.25, -0.2) is 0 Å². The molecular formula is C14H21N3. The summed E-state index contributed by atoms with van der Waals surface area (Å²) in [6.07, 6.45) is 2.27. The van der Waals surface area contributed by atoms with Gasteiger partial charge in [0.1, 0.15) is 0 Å². The highest BCUT2D eigenvalue weighted by atomic mass is 15.3. The van der Waals surface area contributed by atoms with Crippen LogP contribution in [0, 0.1) is 0 Å². The fourth-order valence-corrected chi connectivity index (χ4v) is 3.27. The summed E-state index contributed by atoms with van der Waals surface area (Å²) in [6.45, 7) is 2.23. The van der Waals surface area contributed by atoms with E-state index in [0.29, 0.717) is 18.1 Å². The Balaban J connectivity index is 1.79. The minimum Gasteiger partial charge on any atom is -0.368 e. The van der Waals surface area contributed by atoms with Crippen molar-refractivity contribution >= 4 is 5.69 Å². The molecule has 3 atom stereocenters. The lowest BCUT2D eigenvalue weighted by atomic mass is 9.88. The molecule has 0 radical (unpaired) electrons. The zero-order valence-electron chi connectivity index (χ0n) is 10.4. The third-order valence-electron chi connectivity index (χ3n) is 4.29. The van der Waals surface area contributed by atoms with E-state index >= 15 is 0 Å². The van der Waals surface area contributed by atoms with Crippen LogP contribution in [0.25, 0.3) is 0 Å². The fraction of sp³-hybridized carbons (Fsp3) is 0.571. The third kappa shape index (κ3) is 2.05. The molecule has 1 aromatic rings. The Kier molecular flexibility index (Phi) is 2.81. The van der Waals surface area contributed by atoms with Crippen molar-refractivity contribution in [1.29, 1.82) is 0 Å². The molecule has 0 spiro atoms. The Morgan fingerprint density at radius 1 is 1.06 bits per heavy atom. The summed E-state index contributed by atoms with van der Waals surface area (Å²) < 4.78 is 0. The second-order valence-electron chi connectivity index (χ2n) is 5.45. The van der Waals surface area contributed by atoms with Gasteiger partial charge < -0.3 is 10.6 Å². The predicted octanol–water partition coefficient (Wildman–Crippen LogP) is 1.30. The van der Waals surface area contributed by atoms with Crippen molar-refractivity contribution < 1.29 is 0 Å². The molecule has 17 heavy (non-hydrogen) atoms. The van der Waals surface area contributed by atoms with Crippen molar-refractivity contribution in [2.24, 2.45) is 5.73 Å². The number of anilines is 1. The second kappa shape index (κ2) is 4.31. The molecule has 2 aliphatic rings. The van der Waals surface area contributed by atoms with E-state index in [4.69, 9.17) is 5.73 Å². The molecule has 3 heteroatoms. The lowest BCUT2D eigenvalue weighted by Gasteiger charge is -2.50. The van der Waals surface area contributed by atoms with E-state index in [1.807, 2.05) is 0 Å². The number of likely N-dealkylation sites (N-methyl/N-ethyl adjacent to an activating group) is 1. The quantitative estimate of drug-likeness (QED) is 0.790. The van der Waals surface area contributed by atoms with Gasteiger partial charge in [0, 0.05) is 36.9 Å². The molecule has 1 aromatic carbocycles. The smallest absolute Gasteiger partial charge is 0.0367 e. The molecule has 1 unspecified atom stereocenters. The maximum absolute atomic E-state index is 6.13. The summed E-state index contributed by atoms with van der Waals surface area (Å²) in [5.74, 6) is 0. The zero-order valence-corrected chi connectivity index (χ0v) is 10.4. The van der Waals surface area contributed by atoms with Gasteiger partial charge in [-0.05, 0) is 32.0 Å². The van der Waals surface area contributed by atoms with Crippen molar-refractivity contribution in [3.8, 4) is 0 Å². The monoisotopic (exact) mass is 231 g/mol. The summed E-state index contributed by atoms with van der Waals surface area (Å²) in [4.78, 5) is 5.05. The van der Waals surface area contributed by atoms with Crippen LogP contribution in [0.5, 0.6) is 0 Å². The average molecular weight is 231 g/mol. The van der Waals surface area contributed by atoms with Crippen molar-refractivity contribution in [1.82, 2.24) is 4.90 Å². The Morgan fingerprint density at radius 3 is 2.24 bits per heavy atom. The lowest BCUT2D eigenvalue weighted by molar-refractivity contribution is 0.0836. The average Bonchev–Trinajstić information content (AvgIpc) is 2.32. The maximum atomic E-state index is 6.13. The second-order valence-corrected chi connectivity index (χ2v) is 5.45. The molecule has 2 heterocycles. The van der Waals surface area contributed by atoms with Gasteiger partial charge in [0.05, 0.1) is 0 Å². The molecule has 2 saturated heterocycles. The van der Waals surface area contributed by atoms with Crippen LogP contribution in [-0.2, 0) is 0 Å². The zero-order chi connectivity index (χ0) is 11.8. The number of rotatable bonds is 1. The normalized spacial score (nSPS) is 33.8. The van der Waals surface area contributed by atoms with Crippen LogP contribution in [-0.4, -0.2) is 43.2 Å². The largest absolute Gasteiger partial charge is 0.368 e. The summed E-state index contributed by atoms with van der Waals surface area (Å²) in [5.41, 5.74) is 7.48. The van der Waals surface area contributed by atoms with E-state index in [-0.39, 0.29) is 0 Å². The fourth-order valence-electron chi connectivity index (χ4n) is 3.27. The Morgan fingerprint density at radius 2 is 1.65 bits per heavy atom. The van der Waals surface area contributed by atoms with Crippen molar-refractivity contribution in [3.05, 3.63) is 30.3 Å². The Bertz CT molecular complexity index is 362. The number of hydrogen-bond acceptors (Lipinski definition) is 3. The van der Waals surface area contributed by atoms with Crippen LogP contribution in [0.4, 0.5) is 5.69 Å². The van der Waals surface area contributed by atoms with Crippen LogP contribution in [0.1, 0.15) is 12.8 Å². The van der Waals surface area contributed by atoms with E-state index in [0.717, 1.165) is 25.9 Å². The van der Waals surface area contributed by atoms with Gasteiger partial charge >= 0.3 is 0 Å². The van der Waals surface area contributed by atoms with Crippen LogP contribution >= 0.6 is 0 Å². The van der Waals surface area contributed by atoms with Crippen LogP contribution < -0.4 is 10.6 Å². The highest BCUT2D eigenvalue weighted by molar-refractivity contribution is 5.47. The molecule has 3 rings (SSSR count). The molecule has 92 valence electrons. The predicted molar refractivity (Wildman–Crippen MR) is 71.2 cm³/mol. The Labute approximate surface area is 103 Å². The first-order chi connectivity index (χ1) is 8.24. The van der Waals surface area contributed by atoms with Gasteiger partial charge in [-0.1, -0.05) is 18.2 Å². The standard InChI is InChI=1S/C14H21N3/c1-16-13-7-11(15)8-14(16)10-17(9-13)12-5-3-2-4-6-12/h2-6,11,13-14H,7-10,15H2,1H3/t11?,13-,14+. The first-order valence-electron chi connectivity index (χ1n) is 6.51. The van der Waals surface area contributed by atoms with Crippen LogP contribution in [0.15, 0.2) is 30.3 Å². The molecule has 2 fully saturated rings. The van der Waals surface area contributed by atoms with Gasteiger partial charge in [-0.15, -0.1) is 0 Å². The number of piperazine rings is 1. The van der Waals surface area contributed by atoms with E-state index in [9.17, 15) is 0 Å². The SMILES string of the molecule is CN1[C@@H]2CC(N)C[C@H]1CN(c1ccccc1)C2. The Hall–Kier alpha value is -1.06. The van der Waals surface area contributed by atoms with Crippen LogP contribution in [0.3, 0.4) is 0 Å². The van der Waals surface area contributed by atoms with Crippen molar-refractivity contribution in [3.63, 3.8) is 0 Å². The molecule has 0 aromatic heterocycles. The molecule has 2 bridgehead atoms. The molecular weight excluding hydrogens is 210 g/mol. The highest BCUT2D eigenvalue weighted by Gasteiger charge is 2.37. The van der Waals surface area contributed by atoms with E-state index in [1.54, 1.807) is 0 Å². The van der Waals surface area contributed by atoms with Gasteiger partial charge in [0.15, 0.2) is 0 Å². The summed E-state index contributed by atoms with van der Waals surface area (Å²) in [7, 11) is 2.25. The molecule has 0 amide bonds. The summed E-state index contributed by atoms with van der Waals surface area (Å²) >= 11 is 0. The van der Waals surface area contributed by atoms with Gasteiger partial charge in [0.25, 0.3) is 0 Å². The highest BCUT2D eigenvalue weighted by Crippen LogP contribution is 2.29. The van der Waals surface area contributed by atoms with Gasteiger partial charge in [0.2, 0.25) is 0 Å². The maximum Gasteiger partial charge on any atom is 0.0367 e. The van der Waals surface area contributed by atoms with Gasteiger partial charge in [-0.2, -0.15) is 0 Å². The molecule has 2 aliphatic heterocycles. The number of benzene rings is 1. The number of fused-ring (bicyclic) bond motifs is 2. The number of piperidine rings is 1.